The van der Waals surface area contributed by atoms with Crippen molar-refractivity contribution in [2.45, 2.75) is 18.4 Å². The van der Waals surface area contributed by atoms with E-state index in [1.807, 2.05) is 0 Å². The number of amides is 2. The maximum absolute atomic E-state index is 12.4. The van der Waals surface area contributed by atoms with Crippen LogP contribution in [-0.4, -0.2) is 30.6 Å². The third-order valence-corrected chi connectivity index (χ3v) is 4.00. The van der Waals surface area contributed by atoms with Gasteiger partial charge < -0.3 is 25.5 Å². The van der Waals surface area contributed by atoms with Gasteiger partial charge in [-0.15, -0.1) is 0 Å². The molecule has 7 nitrogen and oxygen atoms in total. The van der Waals surface area contributed by atoms with Crippen LogP contribution in [0.5, 0.6) is 0 Å². The Morgan fingerprint density at radius 1 is 1.08 bits per heavy atom. The minimum atomic E-state index is -0.922. The van der Waals surface area contributed by atoms with Crippen molar-refractivity contribution < 1.29 is 18.7 Å². The van der Waals surface area contributed by atoms with E-state index in [4.69, 9.17) is 14.9 Å². The van der Waals surface area contributed by atoms with Gasteiger partial charge in [-0.2, -0.15) is 0 Å². The van der Waals surface area contributed by atoms with E-state index in [1.54, 1.807) is 30.3 Å². The Kier molecular flexibility index (Phi) is 4.64. The number of carbonyl (C=O) groups is 2. The minimum Gasteiger partial charge on any atom is -0.472 e. The number of hydrogen-bond acceptors (Lipinski definition) is 5. The Morgan fingerprint density at radius 3 is 2.46 bits per heavy atom. The first-order valence-electron chi connectivity index (χ1n) is 7.68. The van der Waals surface area contributed by atoms with Crippen LogP contribution in [0.25, 0.3) is 0 Å². The lowest BCUT2D eigenvalue weighted by atomic mass is 9.90. The predicted octanol–water partition coefficient (Wildman–Crippen LogP) is 1.98. The highest BCUT2D eigenvalue weighted by Crippen LogP contribution is 2.22. The molecule has 0 saturated carbocycles. The van der Waals surface area contributed by atoms with Crippen LogP contribution < -0.4 is 16.4 Å². The topological polar surface area (TPSA) is 107 Å². The Hall–Kier alpha value is -2.64. The van der Waals surface area contributed by atoms with Crippen LogP contribution in [0.2, 0.25) is 0 Å². The van der Waals surface area contributed by atoms with Gasteiger partial charge in [-0.05, 0) is 37.1 Å². The molecule has 2 amide bonds. The van der Waals surface area contributed by atoms with Crippen molar-refractivity contribution in [2.24, 2.45) is 5.73 Å². The van der Waals surface area contributed by atoms with E-state index in [1.165, 1.54) is 12.5 Å². The molecule has 24 heavy (non-hydrogen) atoms. The standard InChI is InChI=1S/C17H19N3O4/c18-17(5-8-23-9-6-17)16(22)20-14-3-1-2-13(10-14)19-15(21)12-4-7-24-11-12/h1-4,7,10-11H,5-6,8-9,18H2,(H,19,21)(H,20,22). The number of hydrogen-bond donors (Lipinski definition) is 3. The molecule has 4 N–H and O–H groups in total. The van der Waals surface area contributed by atoms with Crippen LogP contribution >= 0.6 is 0 Å². The van der Waals surface area contributed by atoms with E-state index >= 15 is 0 Å². The van der Waals surface area contributed by atoms with Gasteiger partial charge in [0.05, 0.1) is 11.8 Å². The van der Waals surface area contributed by atoms with Gasteiger partial charge in [-0.3, -0.25) is 9.59 Å². The summed E-state index contributed by atoms with van der Waals surface area (Å²) < 4.78 is 10.1. The zero-order valence-electron chi connectivity index (χ0n) is 13.1. The number of furan rings is 1. The fourth-order valence-corrected chi connectivity index (χ4v) is 2.49. The number of carbonyl (C=O) groups excluding carboxylic acids is 2. The summed E-state index contributed by atoms with van der Waals surface area (Å²) in [7, 11) is 0. The Labute approximate surface area is 139 Å². The van der Waals surface area contributed by atoms with Crippen LogP contribution in [0, 0.1) is 0 Å². The quantitative estimate of drug-likeness (QED) is 0.795. The average molecular weight is 329 g/mol. The van der Waals surface area contributed by atoms with Gasteiger partial charge >= 0.3 is 0 Å². The van der Waals surface area contributed by atoms with Crippen LogP contribution in [0.1, 0.15) is 23.2 Å². The normalized spacial score (nSPS) is 16.4. The lowest BCUT2D eigenvalue weighted by Gasteiger charge is -2.31. The van der Waals surface area contributed by atoms with E-state index < -0.39 is 5.54 Å². The van der Waals surface area contributed by atoms with E-state index in [0.29, 0.717) is 43.0 Å². The van der Waals surface area contributed by atoms with Crippen molar-refractivity contribution in [3.05, 3.63) is 48.4 Å². The van der Waals surface area contributed by atoms with Gasteiger partial charge in [-0.25, -0.2) is 0 Å². The van der Waals surface area contributed by atoms with Crippen molar-refractivity contribution in [1.82, 2.24) is 0 Å². The number of nitrogens with one attached hydrogen (secondary N) is 2. The molecule has 1 aliphatic heterocycles. The van der Waals surface area contributed by atoms with Gasteiger partial charge in [0.25, 0.3) is 5.91 Å². The van der Waals surface area contributed by atoms with E-state index in [2.05, 4.69) is 10.6 Å². The Bertz CT molecular complexity index is 721. The molecule has 2 heterocycles. The molecular formula is C17H19N3O4. The van der Waals surface area contributed by atoms with Gasteiger partial charge in [-0.1, -0.05) is 6.07 Å². The summed E-state index contributed by atoms with van der Waals surface area (Å²) in [4.78, 5) is 24.4. The SMILES string of the molecule is NC1(C(=O)Nc2cccc(NC(=O)c3ccoc3)c2)CCOCC1. The molecule has 0 unspecified atom stereocenters. The molecule has 0 aliphatic carbocycles. The number of ether oxygens (including phenoxy) is 1. The molecule has 0 radical (unpaired) electrons. The maximum atomic E-state index is 12.4. The second-order valence-corrected chi connectivity index (χ2v) is 5.77. The average Bonchev–Trinajstić information content (AvgIpc) is 3.10. The lowest BCUT2D eigenvalue weighted by molar-refractivity contribution is -0.124. The summed E-state index contributed by atoms with van der Waals surface area (Å²) in [6.07, 6.45) is 3.76. The van der Waals surface area contributed by atoms with E-state index in [0.717, 1.165) is 0 Å². The highest BCUT2D eigenvalue weighted by Gasteiger charge is 2.35. The van der Waals surface area contributed by atoms with Gasteiger partial charge in [0.15, 0.2) is 0 Å². The fraction of sp³-hybridized carbons (Fsp3) is 0.294. The highest BCUT2D eigenvalue weighted by molar-refractivity contribution is 6.04. The molecule has 0 bridgehead atoms. The summed E-state index contributed by atoms with van der Waals surface area (Å²) in [5, 5.41) is 5.56. The summed E-state index contributed by atoms with van der Waals surface area (Å²) in [6.45, 7) is 0.954. The van der Waals surface area contributed by atoms with E-state index in [-0.39, 0.29) is 11.8 Å². The van der Waals surface area contributed by atoms with Crippen molar-refractivity contribution in [3.63, 3.8) is 0 Å². The van der Waals surface area contributed by atoms with Crippen LogP contribution in [0.3, 0.4) is 0 Å². The summed E-state index contributed by atoms with van der Waals surface area (Å²) in [6, 6.07) is 8.48. The maximum Gasteiger partial charge on any atom is 0.258 e. The van der Waals surface area contributed by atoms with Crippen LogP contribution in [-0.2, 0) is 9.53 Å². The molecule has 1 aromatic carbocycles. The molecule has 1 aromatic heterocycles. The zero-order chi connectivity index (χ0) is 17.0. The van der Waals surface area contributed by atoms with Crippen LogP contribution in [0.4, 0.5) is 11.4 Å². The molecule has 1 saturated heterocycles. The largest absolute Gasteiger partial charge is 0.472 e. The molecular weight excluding hydrogens is 310 g/mol. The molecule has 0 atom stereocenters. The minimum absolute atomic E-state index is 0.246. The molecule has 126 valence electrons. The number of benzene rings is 1. The third kappa shape index (κ3) is 3.64. The zero-order valence-corrected chi connectivity index (χ0v) is 13.1. The van der Waals surface area contributed by atoms with Gasteiger partial charge in [0.2, 0.25) is 5.91 Å². The third-order valence-electron chi connectivity index (χ3n) is 4.00. The highest BCUT2D eigenvalue weighted by atomic mass is 16.5. The van der Waals surface area contributed by atoms with Crippen molar-refractivity contribution in [2.75, 3.05) is 23.8 Å². The summed E-state index contributed by atoms with van der Waals surface area (Å²) >= 11 is 0. The smallest absolute Gasteiger partial charge is 0.258 e. The van der Waals surface area contributed by atoms with Crippen molar-refractivity contribution in [1.29, 1.82) is 0 Å². The predicted molar refractivity (Wildman–Crippen MR) is 88.7 cm³/mol. The molecule has 0 spiro atoms. The number of rotatable bonds is 4. The Balaban J connectivity index is 1.67. The number of nitrogens with two attached hydrogens (primary N) is 1. The molecule has 1 aliphatic rings. The van der Waals surface area contributed by atoms with Crippen LogP contribution in [0.15, 0.2) is 47.3 Å². The lowest BCUT2D eigenvalue weighted by Crippen LogP contribution is -2.54. The first-order valence-corrected chi connectivity index (χ1v) is 7.68. The van der Waals surface area contributed by atoms with Gasteiger partial charge in [0, 0.05) is 24.6 Å². The first-order chi connectivity index (χ1) is 11.6. The number of anilines is 2. The van der Waals surface area contributed by atoms with Crippen molar-refractivity contribution in [3.8, 4) is 0 Å². The molecule has 2 aromatic rings. The fourth-order valence-electron chi connectivity index (χ4n) is 2.49. The van der Waals surface area contributed by atoms with Gasteiger partial charge in [0.1, 0.15) is 11.8 Å². The second-order valence-electron chi connectivity index (χ2n) is 5.77. The summed E-state index contributed by atoms with van der Waals surface area (Å²) in [5.41, 5.74) is 6.80. The molecule has 3 rings (SSSR count). The van der Waals surface area contributed by atoms with E-state index in [9.17, 15) is 9.59 Å². The molecule has 1 fully saturated rings. The second kappa shape index (κ2) is 6.86. The molecule has 7 heteroatoms. The summed E-state index contributed by atoms with van der Waals surface area (Å²) in [5.74, 6) is -0.531. The Morgan fingerprint density at radius 2 is 1.79 bits per heavy atom. The van der Waals surface area contributed by atoms with Crippen molar-refractivity contribution >= 4 is 23.2 Å². The monoisotopic (exact) mass is 329 g/mol. The first kappa shape index (κ1) is 16.2.